The van der Waals surface area contributed by atoms with E-state index < -0.39 is 0 Å². The van der Waals surface area contributed by atoms with Gasteiger partial charge in [-0.15, -0.1) is 0 Å². The van der Waals surface area contributed by atoms with Crippen molar-refractivity contribution >= 4 is 11.8 Å². The van der Waals surface area contributed by atoms with Gasteiger partial charge in [-0.1, -0.05) is 6.92 Å². The molecule has 0 aromatic heterocycles. The number of nitrogens with two attached hydrogens (primary N) is 1. The topological polar surface area (TPSA) is 64.7 Å². The Morgan fingerprint density at radius 1 is 1.26 bits per heavy atom. The molecule has 0 radical (unpaired) electrons. The number of benzene rings is 1. The van der Waals surface area contributed by atoms with E-state index in [1.165, 1.54) is 0 Å². The highest BCUT2D eigenvalue weighted by Gasteiger charge is 2.16. The van der Waals surface area contributed by atoms with Crippen molar-refractivity contribution in [2.45, 2.75) is 31.2 Å². The van der Waals surface area contributed by atoms with Crippen LogP contribution in [-0.2, 0) is 0 Å². The summed E-state index contributed by atoms with van der Waals surface area (Å²) in [5, 5.41) is 9.64. The zero-order chi connectivity index (χ0) is 14.4. The average molecular weight is 285 g/mol. The molecular formula is C14H23NO3S. The smallest absolute Gasteiger partial charge is 0.123 e. The Labute approximate surface area is 119 Å². The fraction of sp³-hybridized carbons (Fsp3) is 0.571. The Hall–Kier alpha value is -0.910. The Balaban J connectivity index is 2.77. The lowest BCUT2D eigenvalue weighted by Gasteiger charge is -2.19. The van der Waals surface area contributed by atoms with Gasteiger partial charge in [-0.05, 0) is 25.1 Å². The normalized spacial score (nSPS) is 15.7. The summed E-state index contributed by atoms with van der Waals surface area (Å²) in [6.07, 6.45) is -0.343. The summed E-state index contributed by atoms with van der Waals surface area (Å²) >= 11 is 1.65. The van der Waals surface area contributed by atoms with Gasteiger partial charge in [0.1, 0.15) is 11.5 Å². The minimum atomic E-state index is -0.343. The van der Waals surface area contributed by atoms with Crippen LogP contribution in [0.1, 0.15) is 25.5 Å². The minimum absolute atomic E-state index is 0.155. The Morgan fingerprint density at radius 3 is 2.47 bits per heavy atom. The first-order chi connectivity index (χ1) is 8.99. The summed E-state index contributed by atoms with van der Waals surface area (Å²) in [4.78, 5) is 0. The van der Waals surface area contributed by atoms with E-state index in [0.29, 0.717) is 0 Å². The van der Waals surface area contributed by atoms with Gasteiger partial charge in [-0.25, -0.2) is 0 Å². The number of aliphatic hydroxyl groups excluding tert-OH is 1. The molecule has 3 atom stereocenters. The van der Waals surface area contributed by atoms with Crippen molar-refractivity contribution < 1.29 is 14.6 Å². The van der Waals surface area contributed by atoms with Gasteiger partial charge in [-0.2, -0.15) is 11.8 Å². The summed E-state index contributed by atoms with van der Waals surface area (Å²) in [5.41, 5.74) is 7.13. The fourth-order valence-corrected chi connectivity index (χ4v) is 2.58. The maximum atomic E-state index is 9.48. The van der Waals surface area contributed by atoms with E-state index in [-0.39, 0.29) is 17.4 Å². The number of ether oxygens (including phenoxy) is 2. The molecule has 19 heavy (non-hydrogen) atoms. The monoisotopic (exact) mass is 285 g/mol. The number of aliphatic hydroxyl groups is 1. The molecular weight excluding hydrogens is 262 g/mol. The van der Waals surface area contributed by atoms with Crippen LogP contribution < -0.4 is 15.2 Å². The lowest BCUT2D eigenvalue weighted by molar-refractivity contribution is 0.196. The molecule has 0 fully saturated rings. The van der Waals surface area contributed by atoms with Crippen molar-refractivity contribution in [2.24, 2.45) is 5.73 Å². The number of thioether (sulfide) groups is 1. The van der Waals surface area contributed by atoms with Gasteiger partial charge in [0.25, 0.3) is 0 Å². The van der Waals surface area contributed by atoms with E-state index >= 15 is 0 Å². The first kappa shape index (κ1) is 16.1. The molecule has 0 bridgehead atoms. The highest BCUT2D eigenvalue weighted by molar-refractivity contribution is 7.99. The van der Waals surface area contributed by atoms with Crippen molar-refractivity contribution in [2.75, 3.05) is 20.0 Å². The van der Waals surface area contributed by atoms with Crippen LogP contribution in [0.15, 0.2) is 18.2 Å². The minimum Gasteiger partial charge on any atom is -0.497 e. The second-order valence-electron chi connectivity index (χ2n) is 4.49. The van der Waals surface area contributed by atoms with E-state index in [2.05, 4.69) is 0 Å². The molecule has 0 heterocycles. The van der Waals surface area contributed by atoms with Gasteiger partial charge in [0.2, 0.25) is 0 Å². The molecule has 0 saturated carbocycles. The third-order valence-electron chi connectivity index (χ3n) is 3.05. The lowest BCUT2D eigenvalue weighted by Crippen LogP contribution is -2.20. The number of methoxy groups -OCH3 is 2. The second-order valence-corrected chi connectivity index (χ2v) is 5.90. The SMILES string of the molecule is COc1ccc(OC)c(C(N)CSC(C)C(C)O)c1. The van der Waals surface area contributed by atoms with E-state index in [1.807, 2.05) is 25.1 Å². The van der Waals surface area contributed by atoms with Crippen LogP contribution in [-0.4, -0.2) is 36.4 Å². The third-order valence-corrected chi connectivity index (χ3v) is 4.53. The average Bonchev–Trinajstić information content (AvgIpc) is 2.43. The summed E-state index contributed by atoms with van der Waals surface area (Å²) in [5.74, 6) is 2.24. The summed E-state index contributed by atoms with van der Waals surface area (Å²) in [6, 6.07) is 5.45. The van der Waals surface area contributed by atoms with Crippen LogP contribution in [0.5, 0.6) is 11.5 Å². The van der Waals surface area contributed by atoms with Crippen LogP contribution in [0.25, 0.3) is 0 Å². The molecule has 108 valence electrons. The first-order valence-electron chi connectivity index (χ1n) is 6.26. The Kier molecular flexibility index (Phi) is 6.48. The second kappa shape index (κ2) is 7.62. The van der Waals surface area contributed by atoms with E-state index in [9.17, 15) is 5.11 Å². The predicted octanol–water partition coefficient (Wildman–Crippen LogP) is 2.21. The molecule has 0 saturated heterocycles. The number of rotatable bonds is 7. The van der Waals surface area contributed by atoms with E-state index in [4.69, 9.17) is 15.2 Å². The zero-order valence-electron chi connectivity index (χ0n) is 11.9. The molecule has 3 unspecified atom stereocenters. The molecule has 0 aliphatic heterocycles. The van der Waals surface area contributed by atoms with Crippen LogP contribution in [0.4, 0.5) is 0 Å². The van der Waals surface area contributed by atoms with Crippen molar-refractivity contribution in [1.82, 2.24) is 0 Å². The maximum Gasteiger partial charge on any atom is 0.123 e. The van der Waals surface area contributed by atoms with Crippen molar-refractivity contribution in [3.63, 3.8) is 0 Å². The largest absolute Gasteiger partial charge is 0.497 e. The zero-order valence-corrected chi connectivity index (χ0v) is 12.7. The molecule has 0 spiro atoms. The van der Waals surface area contributed by atoms with Crippen molar-refractivity contribution in [3.8, 4) is 11.5 Å². The summed E-state index contributed by atoms with van der Waals surface area (Å²) in [6.45, 7) is 3.78. The number of hydrogen-bond donors (Lipinski definition) is 2. The van der Waals surface area contributed by atoms with Crippen LogP contribution in [0.2, 0.25) is 0 Å². The van der Waals surface area contributed by atoms with Gasteiger partial charge in [0, 0.05) is 22.6 Å². The summed E-state index contributed by atoms with van der Waals surface area (Å²) in [7, 11) is 3.25. The lowest BCUT2D eigenvalue weighted by atomic mass is 10.1. The van der Waals surface area contributed by atoms with Gasteiger partial charge in [-0.3, -0.25) is 0 Å². The van der Waals surface area contributed by atoms with E-state index in [0.717, 1.165) is 22.8 Å². The summed E-state index contributed by atoms with van der Waals surface area (Å²) < 4.78 is 10.5. The molecule has 5 heteroatoms. The molecule has 0 aliphatic rings. The standard InChI is InChI=1S/C14H23NO3S/c1-9(16)10(2)19-8-13(15)12-7-11(17-3)5-6-14(12)18-4/h5-7,9-10,13,16H,8,15H2,1-4H3. The quantitative estimate of drug-likeness (QED) is 0.804. The predicted molar refractivity (Wildman–Crippen MR) is 80.1 cm³/mol. The maximum absolute atomic E-state index is 9.48. The fourth-order valence-electron chi connectivity index (χ4n) is 1.61. The van der Waals surface area contributed by atoms with E-state index in [1.54, 1.807) is 32.9 Å². The van der Waals surface area contributed by atoms with Crippen LogP contribution >= 0.6 is 11.8 Å². The van der Waals surface area contributed by atoms with Crippen molar-refractivity contribution in [1.29, 1.82) is 0 Å². The Morgan fingerprint density at radius 2 is 1.95 bits per heavy atom. The molecule has 1 rings (SSSR count). The van der Waals surface area contributed by atoms with Crippen LogP contribution in [0.3, 0.4) is 0 Å². The Bertz CT molecular complexity index is 398. The highest BCUT2D eigenvalue weighted by Crippen LogP contribution is 2.31. The molecule has 1 aromatic rings. The van der Waals surface area contributed by atoms with Crippen molar-refractivity contribution in [3.05, 3.63) is 23.8 Å². The van der Waals surface area contributed by atoms with Gasteiger partial charge in [0.05, 0.1) is 20.3 Å². The molecule has 4 nitrogen and oxygen atoms in total. The molecule has 0 aliphatic carbocycles. The van der Waals surface area contributed by atoms with Gasteiger partial charge < -0.3 is 20.3 Å². The van der Waals surface area contributed by atoms with Gasteiger partial charge >= 0.3 is 0 Å². The van der Waals surface area contributed by atoms with Gasteiger partial charge in [0.15, 0.2) is 0 Å². The number of hydrogen-bond acceptors (Lipinski definition) is 5. The molecule has 0 amide bonds. The molecule has 3 N–H and O–H groups in total. The third kappa shape index (κ3) is 4.60. The highest BCUT2D eigenvalue weighted by atomic mass is 32.2. The first-order valence-corrected chi connectivity index (χ1v) is 7.31. The van der Waals surface area contributed by atoms with Crippen LogP contribution in [0, 0.1) is 0 Å². The molecule has 1 aromatic carbocycles.